The van der Waals surface area contributed by atoms with Crippen molar-refractivity contribution >= 4 is 22.6 Å². The molecule has 2 aromatic rings. The predicted molar refractivity (Wildman–Crippen MR) is 92.1 cm³/mol. The summed E-state index contributed by atoms with van der Waals surface area (Å²) in [6.45, 7) is 3.04. The molecule has 3 rings (SSSR count). The summed E-state index contributed by atoms with van der Waals surface area (Å²) in [5, 5.41) is 0.428. The molecule has 0 aliphatic carbocycles. The number of anilines is 1. The number of hydrogen-bond donors (Lipinski definition) is 0. The first kappa shape index (κ1) is 19.0. The van der Waals surface area contributed by atoms with E-state index < -0.39 is 12.0 Å². The molecule has 1 saturated heterocycles. The first-order valence-corrected chi connectivity index (χ1v) is 8.26. The molecule has 2 heterocycles. The lowest BCUT2D eigenvalue weighted by atomic mass is 10.1. The number of alkyl halides is 3. The predicted octanol–water partition coefficient (Wildman–Crippen LogP) is 2.33. The standard InChI is InChI=1S/C17H19F3N4O3/c1-10(25)23-4-6-24(7-5-23)15-11-8-13(26-2)14(27-3)9-12(11)21-16(22-15)17(18,19)20/h8-9H,4-7H2,1-3H3. The van der Waals surface area contributed by atoms with E-state index in [9.17, 15) is 18.0 Å². The number of hydrogen-bond acceptors (Lipinski definition) is 6. The number of halogens is 3. The van der Waals surface area contributed by atoms with Gasteiger partial charge in [0.1, 0.15) is 5.82 Å². The van der Waals surface area contributed by atoms with Gasteiger partial charge in [-0.1, -0.05) is 0 Å². The Labute approximate surface area is 153 Å². The van der Waals surface area contributed by atoms with Crippen LogP contribution < -0.4 is 14.4 Å². The van der Waals surface area contributed by atoms with Crippen LogP contribution in [0.5, 0.6) is 11.5 Å². The maximum absolute atomic E-state index is 13.3. The Bertz CT molecular complexity index is 865. The first-order valence-electron chi connectivity index (χ1n) is 8.26. The molecule has 1 aliphatic heterocycles. The summed E-state index contributed by atoms with van der Waals surface area (Å²) in [6, 6.07) is 2.97. The van der Waals surface area contributed by atoms with Crippen molar-refractivity contribution in [2.24, 2.45) is 0 Å². The van der Waals surface area contributed by atoms with Crippen LogP contribution in [0.25, 0.3) is 10.9 Å². The van der Waals surface area contributed by atoms with Crippen LogP contribution in [0, 0.1) is 0 Å². The molecule has 7 nitrogen and oxygen atoms in total. The maximum atomic E-state index is 13.3. The van der Waals surface area contributed by atoms with Crippen molar-refractivity contribution in [3.05, 3.63) is 18.0 Å². The molecule has 0 radical (unpaired) electrons. The van der Waals surface area contributed by atoms with Crippen molar-refractivity contribution in [3.8, 4) is 11.5 Å². The van der Waals surface area contributed by atoms with E-state index in [4.69, 9.17) is 9.47 Å². The summed E-state index contributed by atoms with van der Waals surface area (Å²) in [6.07, 6.45) is -4.68. The van der Waals surface area contributed by atoms with Crippen molar-refractivity contribution in [2.75, 3.05) is 45.3 Å². The third-order valence-electron chi connectivity index (χ3n) is 4.46. The van der Waals surface area contributed by atoms with Crippen LogP contribution in [0.4, 0.5) is 19.0 Å². The zero-order chi connectivity index (χ0) is 19.8. The summed E-state index contributed by atoms with van der Waals surface area (Å²) >= 11 is 0. The van der Waals surface area contributed by atoms with Gasteiger partial charge < -0.3 is 19.3 Å². The fourth-order valence-electron chi connectivity index (χ4n) is 3.04. The second kappa shape index (κ2) is 7.09. The van der Waals surface area contributed by atoms with Gasteiger partial charge in [0.15, 0.2) is 11.5 Å². The molecule has 146 valence electrons. The van der Waals surface area contributed by atoms with Crippen LogP contribution in [0.2, 0.25) is 0 Å². The van der Waals surface area contributed by atoms with Gasteiger partial charge in [-0.05, 0) is 6.07 Å². The summed E-state index contributed by atoms with van der Waals surface area (Å²) in [5.41, 5.74) is 0.110. The van der Waals surface area contributed by atoms with E-state index >= 15 is 0 Å². The molecule has 0 bridgehead atoms. The highest BCUT2D eigenvalue weighted by atomic mass is 19.4. The molecule has 27 heavy (non-hydrogen) atoms. The molecular formula is C17H19F3N4O3. The minimum Gasteiger partial charge on any atom is -0.493 e. The van der Waals surface area contributed by atoms with Gasteiger partial charge in [-0.2, -0.15) is 13.2 Å². The number of rotatable bonds is 3. The van der Waals surface area contributed by atoms with E-state index in [1.165, 1.54) is 27.2 Å². The smallest absolute Gasteiger partial charge is 0.451 e. The van der Waals surface area contributed by atoms with Crippen LogP contribution in [-0.4, -0.2) is 61.2 Å². The first-order chi connectivity index (χ1) is 12.7. The normalized spacial score (nSPS) is 15.2. The number of fused-ring (bicyclic) bond motifs is 1. The Morgan fingerprint density at radius 2 is 1.63 bits per heavy atom. The number of piperazine rings is 1. The van der Waals surface area contributed by atoms with E-state index in [0.717, 1.165) is 0 Å². The Balaban J connectivity index is 2.12. The number of methoxy groups -OCH3 is 2. The Kier molecular flexibility index (Phi) is 4.99. The molecule has 1 aromatic heterocycles. The fraction of sp³-hybridized carbons (Fsp3) is 0.471. The second-order valence-corrected chi connectivity index (χ2v) is 6.09. The van der Waals surface area contributed by atoms with Crippen molar-refractivity contribution < 1.29 is 27.4 Å². The van der Waals surface area contributed by atoms with Crippen molar-refractivity contribution in [3.63, 3.8) is 0 Å². The molecule has 0 saturated carbocycles. The molecule has 0 spiro atoms. The van der Waals surface area contributed by atoms with Gasteiger partial charge in [-0.3, -0.25) is 4.79 Å². The molecule has 1 aromatic carbocycles. The second-order valence-electron chi connectivity index (χ2n) is 6.09. The molecular weight excluding hydrogens is 365 g/mol. The number of aromatic nitrogens is 2. The fourth-order valence-corrected chi connectivity index (χ4v) is 3.04. The van der Waals surface area contributed by atoms with Crippen LogP contribution in [0.15, 0.2) is 12.1 Å². The van der Waals surface area contributed by atoms with Gasteiger partial charge in [0.2, 0.25) is 11.7 Å². The largest absolute Gasteiger partial charge is 0.493 e. The number of benzene rings is 1. The Morgan fingerprint density at radius 3 is 2.15 bits per heavy atom. The van der Waals surface area contributed by atoms with Crippen molar-refractivity contribution in [1.82, 2.24) is 14.9 Å². The zero-order valence-electron chi connectivity index (χ0n) is 15.1. The molecule has 10 heteroatoms. The number of nitrogens with zero attached hydrogens (tertiary/aromatic N) is 4. The van der Waals surface area contributed by atoms with E-state index in [1.807, 2.05) is 0 Å². The van der Waals surface area contributed by atoms with E-state index in [1.54, 1.807) is 15.9 Å². The van der Waals surface area contributed by atoms with Gasteiger partial charge in [-0.25, -0.2) is 9.97 Å². The highest BCUT2D eigenvalue weighted by Crippen LogP contribution is 2.37. The van der Waals surface area contributed by atoms with Gasteiger partial charge in [-0.15, -0.1) is 0 Å². The minimum absolute atomic E-state index is 0.0652. The minimum atomic E-state index is -4.68. The van der Waals surface area contributed by atoms with Crippen molar-refractivity contribution in [2.45, 2.75) is 13.1 Å². The third kappa shape index (κ3) is 3.69. The quantitative estimate of drug-likeness (QED) is 0.809. The molecule has 1 amide bonds. The average molecular weight is 384 g/mol. The van der Waals surface area contributed by atoms with Crippen LogP contribution in [-0.2, 0) is 11.0 Å². The lowest BCUT2D eigenvalue weighted by molar-refractivity contribution is -0.144. The molecule has 0 unspecified atom stereocenters. The van der Waals surface area contributed by atoms with E-state index in [0.29, 0.717) is 37.3 Å². The molecule has 0 N–H and O–H groups in total. The topological polar surface area (TPSA) is 67.8 Å². The highest BCUT2D eigenvalue weighted by Gasteiger charge is 2.36. The number of carbonyl (C=O) groups is 1. The van der Waals surface area contributed by atoms with Crippen molar-refractivity contribution in [1.29, 1.82) is 0 Å². The van der Waals surface area contributed by atoms with Gasteiger partial charge in [0, 0.05) is 44.6 Å². The highest BCUT2D eigenvalue weighted by molar-refractivity contribution is 5.92. The lowest BCUT2D eigenvalue weighted by Crippen LogP contribution is -2.48. The van der Waals surface area contributed by atoms with Gasteiger partial charge >= 0.3 is 6.18 Å². The summed E-state index contributed by atoms with van der Waals surface area (Å²) in [7, 11) is 2.84. The van der Waals surface area contributed by atoms with Gasteiger partial charge in [0.05, 0.1) is 19.7 Å². The third-order valence-corrected chi connectivity index (χ3v) is 4.46. The number of amides is 1. The summed E-state index contributed by atoms with van der Waals surface area (Å²) in [5.74, 6) is -0.464. The lowest BCUT2D eigenvalue weighted by Gasteiger charge is -2.35. The Hall–Kier alpha value is -2.78. The number of carbonyl (C=O) groups excluding carboxylic acids is 1. The summed E-state index contributed by atoms with van der Waals surface area (Å²) < 4.78 is 50.3. The van der Waals surface area contributed by atoms with Crippen LogP contribution >= 0.6 is 0 Å². The zero-order valence-corrected chi connectivity index (χ0v) is 15.1. The molecule has 1 fully saturated rings. The monoisotopic (exact) mass is 384 g/mol. The maximum Gasteiger partial charge on any atom is 0.451 e. The van der Waals surface area contributed by atoms with Crippen LogP contribution in [0.1, 0.15) is 12.7 Å². The average Bonchev–Trinajstić information content (AvgIpc) is 2.65. The van der Waals surface area contributed by atoms with Gasteiger partial charge in [0.25, 0.3) is 0 Å². The Morgan fingerprint density at radius 1 is 1.04 bits per heavy atom. The summed E-state index contributed by atoms with van der Waals surface area (Å²) in [4.78, 5) is 22.3. The van der Waals surface area contributed by atoms with Crippen LogP contribution in [0.3, 0.4) is 0 Å². The molecule has 0 atom stereocenters. The SMILES string of the molecule is COc1cc2nc(C(F)(F)F)nc(N3CCN(C(C)=O)CC3)c2cc1OC. The van der Waals surface area contributed by atoms with E-state index in [-0.39, 0.29) is 23.0 Å². The number of ether oxygens (including phenoxy) is 2. The molecule has 1 aliphatic rings. The van der Waals surface area contributed by atoms with E-state index in [2.05, 4.69) is 9.97 Å².